The highest BCUT2D eigenvalue weighted by Crippen LogP contribution is 2.29. The molecule has 0 spiro atoms. The predicted molar refractivity (Wildman–Crippen MR) is 77.9 cm³/mol. The van der Waals surface area contributed by atoms with Gasteiger partial charge in [0, 0.05) is 19.5 Å². The van der Waals surface area contributed by atoms with Gasteiger partial charge in [0.25, 0.3) is 0 Å². The van der Waals surface area contributed by atoms with E-state index in [0.717, 1.165) is 58.2 Å². The molecule has 2 amide bonds. The summed E-state index contributed by atoms with van der Waals surface area (Å²) in [5.41, 5.74) is 5.67. The smallest absolute Gasteiger partial charge is 0.241 e. The largest absolute Gasteiger partial charge is 0.347 e. The Morgan fingerprint density at radius 2 is 1.65 bits per heavy atom. The second-order valence-electron chi connectivity index (χ2n) is 6.19. The first kappa shape index (κ1) is 15.3. The molecule has 0 unspecified atom stereocenters. The average Bonchev–Trinajstić information content (AvgIpc) is 3.00. The molecule has 1 heterocycles. The second-order valence-corrected chi connectivity index (χ2v) is 6.19. The molecule has 0 radical (unpaired) electrons. The van der Waals surface area contributed by atoms with Gasteiger partial charge in [0.1, 0.15) is 0 Å². The molecule has 1 aliphatic carbocycles. The van der Waals surface area contributed by atoms with Crippen molar-refractivity contribution in [3.63, 3.8) is 0 Å². The van der Waals surface area contributed by atoms with Crippen molar-refractivity contribution in [3.8, 4) is 0 Å². The summed E-state index contributed by atoms with van der Waals surface area (Å²) in [4.78, 5) is 25.5. The lowest BCUT2D eigenvalue weighted by molar-refractivity contribution is -0.132. The molecule has 2 rings (SSSR count). The van der Waals surface area contributed by atoms with Crippen LogP contribution in [0.2, 0.25) is 0 Å². The molecule has 1 saturated carbocycles. The fraction of sp³-hybridized carbons (Fsp3) is 0.867. The Bertz CT molecular complexity index is 332. The zero-order valence-electron chi connectivity index (χ0n) is 12.3. The van der Waals surface area contributed by atoms with Gasteiger partial charge in [0.15, 0.2) is 0 Å². The number of likely N-dealkylation sites (tertiary alicyclic amines) is 1. The first-order valence-electron chi connectivity index (χ1n) is 7.93. The van der Waals surface area contributed by atoms with Gasteiger partial charge in [0.2, 0.25) is 11.8 Å². The summed E-state index contributed by atoms with van der Waals surface area (Å²) >= 11 is 0. The van der Waals surface area contributed by atoms with Gasteiger partial charge in [-0.15, -0.1) is 0 Å². The normalized spacial score (nSPS) is 26.6. The van der Waals surface area contributed by atoms with Crippen molar-refractivity contribution >= 4 is 11.8 Å². The molecular weight excluding hydrogens is 254 g/mol. The van der Waals surface area contributed by atoms with Crippen LogP contribution in [0.5, 0.6) is 0 Å². The van der Waals surface area contributed by atoms with Crippen LogP contribution in [0.1, 0.15) is 44.9 Å². The highest BCUT2D eigenvalue weighted by atomic mass is 16.2. The Labute approximate surface area is 121 Å². The molecule has 2 aliphatic rings. The lowest BCUT2D eigenvalue weighted by Crippen LogP contribution is -2.39. The quantitative estimate of drug-likeness (QED) is 0.785. The van der Waals surface area contributed by atoms with Crippen LogP contribution in [0, 0.1) is 11.8 Å². The third-order valence-electron chi connectivity index (χ3n) is 4.67. The van der Waals surface area contributed by atoms with E-state index in [9.17, 15) is 9.59 Å². The van der Waals surface area contributed by atoms with Crippen LogP contribution in [-0.4, -0.2) is 42.9 Å². The summed E-state index contributed by atoms with van der Waals surface area (Å²) in [6.45, 7) is 2.62. The van der Waals surface area contributed by atoms with Crippen molar-refractivity contribution < 1.29 is 9.59 Å². The molecule has 1 saturated heterocycles. The molecule has 5 nitrogen and oxygen atoms in total. The second kappa shape index (κ2) is 7.62. The number of hydrogen-bond donors (Lipinski definition) is 2. The topological polar surface area (TPSA) is 75.4 Å². The van der Waals surface area contributed by atoms with Crippen molar-refractivity contribution in [2.45, 2.75) is 44.9 Å². The minimum atomic E-state index is 0.0220. The van der Waals surface area contributed by atoms with Gasteiger partial charge in [-0.3, -0.25) is 9.59 Å². The minimum Gasteiger partial charge on any atom is -0.347 e. The maximum absolute atomic E-state index is 11.9. The van der Waals surface area contributed by atoms with Gasteiger partial charge in [0.05, 0.1) is 6.54 Å². The van der Waals surface area contributed by atoms with E-state index in [1.165, 1.54) is 0 Å². The van der Waals surface area contributed by atoms with E-state index >= 15 is 0 Å². The number of amides is 2. The van der Waals surface area contributed by atoms with Gasteiger partial charge >= 0.3 is 0 Å². The van der Waals surface area contributed by atoms with Gasteiger partial charge < -0.3 is 16.0 Å². The summed E-state index contributed by atoms with van der Waals surface area (Å²) in [5, 5.41) is 2.78. The first-order chi connectivity index (χ1) is 9.69. The van der Waals surface area contributed by atoms with Crippen LogP contribution in [0.25, 0.3) is 0 Å². The fourth-order valence-electron chi connectivity index (χ4n) is 3.26. The molecule has 20 heavy (non-hydrogen) atoms. The van der Waals surface area contributed by atoms with Crippen molar-refractivity contribution in [3.05, 3.63) is 0 Å². The molecule has 1 aliphatic heterocycles. The molecule has 114 valence electrons. The van der Waals surface area contributed by atoms with Crippen molar-refractivity contribution in [2.24, 2.45) is 17.6 Å². The molecule has 0 aromatic carbocycles. The monoisotopic (exact) mass is 281 g/mol. The Kier molecular flexibility index (Phi) is 5.83. The van der Waals surface area contributed by atoms with E-state index < -0.39 is 0 Å². The highest BCUT2D eigenvalue weighted by molar-refractivity contribution is 5.84. The Hall–Kier alpha value is -1.10. The third-order valence-corrected chi connectivity index (χ3v) is 4.67. The lowest BCUT2D eigenvalue weighted by atomic mass is 9.80. The molecule has 5 heteroatoms. The number of carbonyl (C=O) groups is 2. The first-order valence-corrected chi connectivity index (χ1v) is 7.93. The van der Waals surface area contributed by atoms with E-state index in [1.807, 2.05) is 4.90 Å². The summed E-state index contributed by atoms with van der Waals surface area (Å²) in [7, 11) is 0. The minimum absolute atomic E-state index is 0.0220. The number of hydrogen-bond acceptors (Lipinski definition) is 3. The number of nitrogens with one attached hydrogen (secondary N) is 1. The van der Waals surface area contributed by atoms with Crippen LogP contribution in [0.3, 0.4) is 0 Å². The predicted octanol–water partition coefficient (Wildman–Crippen LogP) is 0.880. The standard InChI is InChI=1S/C15H27N3O2/c16-10-13-5-3-12(4-6-13)9-14(19)17-11-15(20)18-7-1-2-8-18/h12-13H,1-11,16H2,(H,17,19). The fourth-order valence-corrected chi connectivity index (χ4v) is 3.26. The Morgan fingerprint density at radius 1 is 1.05 bits per heavy atom. The summed E-state index contributed by atoms with van der Waals surface area (Å²) in [5.74, 6) is 1.20. The molecular formula is C15H27N3O2. The van der Waals surface area contributed by atoms with Crippen molar-refractivity contribution in [1.29, 1.82) is 0 Å². The van der Waals surface area contributed by atoms with Crippen molar-refractivity contribution in [2.75, 3.05) is 26.2 Å². The van der Waals surface area contributed by atoms with Gasteiger partial charge in [-0.05, 0) is 56.9 Å². The zero-order valence-corrected chi connectivity index (χ0v) is 12.3. The molecule has 3 N–H and O–H groups in total. The van der Waals surface area contributed by atoms with E-state index in [1.54, 1.807) is 0 Å². The number of nitrogens with zero attached hydrogens (tertiary/aromatic N) is 1. The van der Waals surface area contributed by atoms with Crippen LogP contribution in [0.15, 0.2) is 0 Å². The van der Waals surface area contributed by atoms with Crippen molar-refractivity contribution in [1.82, 2.24) is 10.2 Å². The van der Waals surface area contributed by atoms with E-state index in [0.29, 0.717) is 18.3 Å². The highest BCUT2D eigenvalue weighted by Gasteiger charge is 2.23. The molecule has 0 bridgehead atoms. The Balaban J connectivity index is 1.61. The van der Waals surface area contributed by atoms with E-state index in [-0.39, 0.29) is 18.4 Å². The molecule has 0 aromatic heterocycles. The van der Waals surface area contributed by atoms with Crippen LogP contribution < -0.4 is 11.1 Å². The molecule has 0 atom stereocenters. The summed E-state index contributed by atoms with van der Waals surface area (Å²) < 4.78 is 0. The van der Waals surface area contributed by atoms with Gasteiger partial charge in [-0.25, -0.2) is 0 Å². The summed E-state index contributed by atoms with van der Waals surface area (Å²) in [6, 6.07) is 0. The number of carbonyl (C=O) groups excluding carboxylic acids is 2. The van der Waals surface area contributed by atoms with Gasteiger partial charge in [-0.1, -0.05) is 0 Å². The van der Waals surface area contributed by atoms with Crippen LogP contribution in [-0.2, 0) is 9.59 Å². The summed E-state index contributed by atoms with van der Waals surface area (Å²) in [6.07, 6.45) is 7.20. The SMILES string of the molecule is NCC1CCC(CC(=O)NCC(=O)N2CCCC2)CC1. The van der Waals surface area contributed by atoms with E-state index in [2.05, 4.69) is 5.32 Å². The molecule has 2 fully saturated rings. The average molecular weight is 281 g/mol. The maximum Gasteiger partial charge on any atom is 0.241 e. The van der Waals surface area contributed by atoms with Crippen LogP contribution in [0.4, 0.5) is 0 Å². The maximum atomic E-state index is 11.9. The van der Waals surface area contributed by atoms with E-state index in [4.69, 9.17) is 5.73 Å². The Morgan fingerprint density at radius 3 is 2.25 bits per heavy atom. The number of rotatable bonds is 5. The molecule has 0 aromatic rings. The number of nitrogens with two attached hydrogens (primary N) is 1. The lowest BCUT2D eigenvalue weighted by Gasteiger charge is -2.27. The van der Waals surface area contributed by atoms with Crippen LogP contribution >= 0.6 is 0 Å². The third kappa shape index (κ3) is 4.47. The van der Waals surface area contributed by atoms with Gasteiger partial charge in [-0.2, -0.15) is 0 Å². The zero-order chi connectivity index (χ0) is 14.4.